The summed E-state index contributed by atoms with van der Waals surface area (Å²) in [6, 6.07) is 3.24. The first-order valence-electron chi connectivity index (χ1n) is 6.00. The molecule has 1 aliphatic rings. The second-order valence-corrected chi connectivity index (χ2v) is 4.62. The lowest BCUT2D eigenvalue weighted by Gasteiger charge is -2.13. The second kappa shape index (κ2) is 5.56. The molecule has 17 heavy (non-hydrogen) atoms. The fraction of sp³-hybridized carbons (Fsp3) is 0.538. The molecule has 0 bridgehead atoms. The highest BCUT2D eigenvalue weighted by atomic mass is 19.1. The topological polar surface area (TPSA) is 32.3 Å². The highest BCUT2D eigenvalue weighted by Gasteiger charge is 2.20. The third-order valence-corrected chi connectivity index (χ3v) is 3.09. The van der Waals surface area contributed by atoms with Gasteiger partial charge in [0.25, 0.3) is 0 Å². The minimum absolute atomic E-state index is 0.144. The Hall–Kier alpha value is -1.00. The third-order valence-electron chi connectivity index (χ3n) is 3.09. The van der Waals surface area contributed by atoms with E-state index in [-0.39, 0.29) is 5.56 Å². The monoisotopic (exact) mass is 241 g/mol. The van der Waals surface area contributed by atoms with Gasteiger partial charge in [0, 0.05) is 18.2 Å². The molecule has 2 N–H and O–H groups in total. The SMILES string of the molecule is OC(CNCCC1CC1)c1ccc(F)cc1F. The number of hydrogen-bond donors (Lipinski definition) is 2. The molecule has 4 heteroatoms. The molecular formula is C13H17F2NO. The molecule has 0 aliphatic heterocycles. The maximum atomic E-state index is 13.3. The molecule has 1 aliphatic carbocycles. The summed E-state index contributed by atoms with van der Waals surface area (Å²) in [6.07, 6.45) is 2.79. The van der Waals surface area contributed by atoms with E-state index in [4.69, 9.17) is 0 Å². The summed E-state index contributed by atoms with van der Waals surface area (Å²) in [5.41, 5.74) is 0.144. The zero-order chi connectivity index (χ0) is 12.3. The van der Waals surface area contributed by atoms with Crippen molar-refractivity contribution in [2.75, 3.05) is 13.1 Å². The summed E-state index contributed by atoms with van der Waals surface area (Å²) in [4.78, 5) is 0. The van der Waals surface area contributed by atoms with Gasteiger partial charge in [-0.25, -0.2) is 8.78 Å². The Morgan fingerprint density at radius 3 is 2.76 bits per heavy atom. The molecule has 2 rings (SSSR count). The standard InChI is InChI=1S/C13H17F2NO/c14-10-3-4-11(12(15)7-10)13(17)8-16-6-5-9-1-2-9/h3-4,7,9,13,16-17H,1-2,5-6,8H2. The van der Waals surface area contributed by atoms with Crippen LogP contribution in [0.2, 0.25) is 0 Å². The molecule has 94 valence electrons. The van der Waals surface area contributed by atoms with Crippen LogP contribution in [-0.4, -0.2) is 18.2 Å². The number of aliphatic hydroxyl groups is 1. The van der Waals surface area contributed by atoms with E-state index < -0.39 is 17.7 Å². The average molecular weight is 241 g/mol. The Labute approximate surface area is 99.7 Å². The Bertz CT molecular complexity index is 380. The van der Waals surface area contributed by atoms with Crippen molar-refractivity contribution in [2.45, 2.75) is 25.4 Å². The Balaban J connectivity index is 1.78. The van der Waals surface area contributed by atoms with E-state index in [1.54, 1.807) is 0 Å². The highest BCUT2D eigenvalue weighted by Crippen LogP contribution is 2.31. The molecule has 1 aromatic carbocycles. The molecule has 2 nitrogen and oxygen atoms in total. The Morgan fingerprint density at radius 2 is 2.12 bits per heavy atom. The summed E-state index contributed by atoms with van der Waals surface area (Å²) >= 11 is 0. The lowest BCUT2D eigenvalue weighted by molar-refractivity contribution is 0.170. The van der Waals surface area contributed by atoms with Gasteiger partial charge in [0.05, 0.1) is 6.10 Å². The molecular weight excluding hydrogens is 224 g/mol. The van der Waals surface area contributed by atoms with E-state index in [0.29, 0.717) is 6.54 Å². The maximum Gasteiger partial charge on any atom is 0.131 e. The molecule has 1 fully saturated rings. The van der Waals surface area contributed by atoms with Crippen LogP contribution in [0.5, 0.6) is 0 Å². The minimum Gasteiger partial charge on any atom is -0.387 e. The number of rotatable bonds is 6. The molecule has 1 atom stereocenters. The van der Waals surface area contributed by atoms with Gasteiger partial charge in [-0.3, -0.25) is 0 Å². The molecule has 1 aromatic rings. The number of nitrogens with one attached hydrogen (secondary N) is 1. The summed E-state index contributed by atoms with van der Waals surface area (Å²) in [5.74, 6) is -0.483. The number of aliphatic hydroxyl groups excluding tert-OH is 1. The summed E-state index contributed by atoms with van der Waals surface area (Å²) in [6.45, 7) is 1.14. The van der Waals surface area contributed by atoms with Crippen molar-refractivity contribution in [1.29, 1.82) is 0 Å². The summed E-state index contributed by atoms with van der Waals surface area (Å²) in [5, 5.41) is 12.8. The van der Waals surface area contributed by atoms with Gasteiger partial charge >= 0.3 is 0 Å². The molecule has 0 spiro atoms. The highest BCUT2D eigenvalue weighted by molar-refractivity contribution is 5.21. The Kier molecular flexibility index (Phi) is 4.07. The van der Waals surface area contributed by atoms with E-state index in [0.717, 1.165) is 31.0 Å². The van der Waals surface area contributed by atoms with E-state index >= 15 is 0 Å². The van der Waals surface area contributed by atoms with Crippen LogP contribution >= 0.6 is 0 Å². The maximum absolute atomic E-state index is 13.3. The van der Waals surface area contributed by atoms with Crippen LogP contribution in [0.3, 0.4) is 0 Å². The quantitative estimate of drug-likeness (QED) is 0.749. The van der Waals surface area contributed by atoms with Crippen LogP contribution in [0.25, 0.3) is 0 Å². The molecule has 1 unspecified atom stereocenters. The van der Waals surface area contributed by atoms with Gasteiger partial charge in [-0.1, -0.05) is 18.9 Å². The van der Waals surface area contributed by atoms with Crippen LogP contribution in [0.15, 0.2) is 18.2 Å². The normalized spacial score (nSPS) is 17.1. The van der Waals surface area contributed by atoms with Crippen molar-refractivity contribution in [3.8, 4) is 0 Å². The average Bonchev–Trinajstić information content (AvgIpc) is 3.08. The van der Waals surface area contributed by atoms with Crippen LogP contribution in [0.1, 0.15) is 30.9 Å². The van der Waals surface area contributed by atoms with Gasteiger partial charge in [0.1, 0.15) is 11.6 Å². The smallest absolute Gasteiger partial charge is 0.131 e. The van der Waals surface area contributed by atoms with Crippen LogP contribution in [0, 0.1) is 17.6 Å². The number of halogens is 2. The van der Waals surface area contributed by atoms with Gasteiger partial charge in [-0.15, -0.1) is 0 Å². The zero-order valence-corrected chi connectivity index (χ0v) is 9.63. The lowest BCUT2D eigenvalue weighted by atomic mass is 10.1. The van der Waals surface area contributed by atoms with E-state index in [9.17, 15) is 13.9 Å². The van der Waals surface area contributed by atoms with Gasteiger partial charge in [-0.2, -0.15) is 0 Å². The lowest BCUT2D eigenvalue weighted by Crippen LogP contribution is -2.23. The Morgan fingerprint density at radius 1 is 1.35 bits per heavy atom. The minimum atomic E-state index is -0.921. The molecule has 0 saturated heterocycles. The van der Waals surface area contributed by atoms with Crippen LogP contribution in [0.4, 0.5) is 8.78 Å². The molecule has 1 saturated carbocycles. The predicted octanol–water partition coefficient (Wildman–Crippen LogP) is 2.39. The van der Waals surface area contributed by atoms with E-state index in [1.807, 2.05) is 0 Å². The first-order chi connectivity index (χ1) is 8.16. The molecule has 0 heterocycles. The van der Waals surface area contributed by atoms with Gasteiger partial charge in [-0.05, 0) is 24.9 Å². The van der Waals surface area contributed by atoms with E-state index in [2.05, 4.69) is 5.32 Å². The molecule has 0 aromatic heterocycles. The molecule has 0 amide bonds. The van der Waals surface area contributed by atoms with Crippen molar-refractivity contribution in [1.82, 2.24) is 5.32 Å². The zero-order valence-electron chi connectivity index (χ0n) is 9.63. The van der Waals surface area contributed by atoms with Crippen molar-refractivity contribution >= 4 is 0 Å². The fourth-order valence-corrected chi connectivity index (χ4v) is 1.83. The molecule has 0 radical (unpaired) electrons. The first-order valence-corrected chi connectivity index (χ1v) is 6.00. The predicted molar refractivity (Wildman–Crippen MR) is 61.5 cm³/mol. The summed E-state index contributed by atoms with van der Waals surface area (Å²) < 4.78 is 26.0. The number of hydrogen-bond acceptors (Lipinski definition) is 2. The van der Waals surface area contributed by atoms with Gasteiger partial charge in [0.15, 0.2) is 0 Å². The fourth-order valence-electron chi connectivity index (χ4n) is 1.83. The first kappa shape index (κ1) is 12.5. The van der Waals surface area contributed by atoms with Crippen molar-refractivity contribution in [3.63, 3.8) is 0 Å². The van der Waals surface area contributed by atoms with Gasteiger partial charge in [0.2, 0.25) is 0 Å². The number of benzene rings is 1. The van der Waals surface area contributed by atoms with Crippen molar-refractivity contribution in [3.05, 3.63) is 35.4 Å². The second-order valence-electron chi connectivity index (χ2n) is 4.62. The largest absolute Gasteiger partial charge is 0.387 e. The van der Waals surface area contributed by atoms with Crippen molar-refractivity contribution < 1.29 is 13.9 Å². The van der Waals surface area contributed by atoms with Crippen molar-refractivity contribution in [2.24, 2.45) is 5.92 Å². The summed E-state index contributed by atoms with van der Waals surface area (Å²) in [7, 11) is 0. The third kappa shape index (κ3) is 3.75. The van der Waals surface area contributed by atoms with E-state index in [1.165, 1.54) is 18.9 Å². The van der Waals surface area contributed by atoms with Gasteiger partial charge < -0.3 is 10.4 Å². The van der Waals surface area contributed by atoms with Crippen LogP contribution in [-0.2, 0) is 0 Å². The van der Waals surface area contributed by atoms with Crippen LogP contribution < -0.4 is 5.32 Å².